The number of rotatable bonds is 4. The number of imide groups is 1. The molecule has 0 saturated carbocycles. The number of nitrogens with zero attached hydrogens (tertiary/aromatic N) is 2. The van der Waals surface area contributed by atoms with Crippen LogP contribution in [0.5, 0.6) is 0 Å². The van der Waals surface area contributed by atoms with Gasteiger partial charge in [-0.05, 0) is 31.7 Å². The van der Waals surface area contributed by atoms with E-state index in [1.54, 1.807) is 13.8 Å². The number of thioether (sulfide) groups is 1. The molecule has 1 aromatic rings. The van der Waals surface area contributed by atoms with E-state index >= 15 is 0 Å². The van der Waals surface area contributed by atoms with Gasteiger partial charge in [-0.1, -0.05) is 11.6 Å². The van der Waals surface area contributed by atoms with Gasteiger partial charge in [0.1, 0.15) is 6.54 Å². The van der Waals surface area contributed by atoms with Crippen molar-refractivity contribution >= 4 is 40.2 Å². The van der Waals surface area contributed by atoms with Crippen molar-refractivity contribution in [2.45, 2.75) is 13.8 Å². The summed E-state index contributed by atoms with van der Waals surface area (Å²) in [6.07, 6.45) is 0. The fourth-order valence-corrected chi connectivity index (χ4v) is 2.72. The quantitative estimate of drug-likeness (QED) is 0.514. The molecule has 1 aliphatic heterocycles. The Morgan fingerprint density at radius 3 is 2.61 bits per heavy atom. The maximum absolute atomic E-state index is 12.0. The third-order valence-corrected chi connectivity index (χ3v) is 4.13. The SMILES string of the molecule is CC(C)=C1SC(=O)N(CC(=O)Nc2cccc([N+](=O)[O-])c2)C1=O. The van der Waals surface area contributed by atoms with Gasteiger partial charge in [-0.15, -0.1) is 0 Å². The highest BCUT2D eigenvalue weighted by molar-refractivity contribution is 8.18. The average Bonchev–Trinajstić information content (AvgIpc) is 2.75. The third kappa shape index (κ3) is 3.75. The van der Waals surface area contributed by atoms with Crippen LogP contribution in [0, 0.1) is 10.1 Å². The summed E-state index contributed by atoms with van der Waals surface area (Å²) in [5.74, 6) is -1.11. The third-order valence-electron chi connectivity index (χ3n) is 2.95. The van der Waals surface area contributed by atoms with Crippen molar-refractivity contribution in [3.8, 4) is 0 Å². The lowest BCUT2D eigenvalue weighted by atomic mass is 10.2. The van der Waals surface area contributed by atoms with Crippen LogP contribution in [0.4, 0.5) is 16.2 Å². The summed E-state index contributed by atoms with van der Waals surface area (Å²) in [5, 5.41) is 12.6. The highest BCUT2D eigenvalue weighted by Gasteiger charge is 2.36. The summed E-state index contributed by atoms with van der Waals surface area (Å²) in [4.78, 5) is 47.1. The molecule has 0 atom stereocenters. The Morgan fingerprint density at radius 1 is 1.35 bits per heavy atom. The molecule has 1 aromatic carbocycles. The lowest BCUT2D eigenvalue weighted by molar-refractivity contribution is -0.384. The minimum absolute atomic E-state index is 0.168. The number of nitro groups is 1. The molecule has 1 aliphatic rings. The Balaban J connectivity index is 2.07. The van der Waals surface area contributed by atoms with Gasteiger partial charge in [0.2, 0.25) is 5.91 Å². The van der Waals surface area contributed by atoms with Gasteiger partial charge in [0.25, 0.3) is 16.8 Å². The number of hydrogen-bond donors (Lipinski definition) is 1. The number of non-ortho nitro benzene ring substituents is 1. The number of anilines is 1. The van der Waals surface area contributed by atoms with Gasteiger partial charge in [-0.3, -0.25) is 29.4 Å². The number of carbonyl (C=O) groups is 3. The van der Waals surface area contributed by atoms with E-state index in [0.29, 0.717) is 10.5 Å². The van der Waals surface area contributed by atoms with Crippen molar-refractivity contribution in [2.24, 2.45) is 0 Å². The molecule has 1 saturated heterocycles. The Labute approximate surface area is 135 Å². The van der Waals surface area contributed by atoms with E-state index in [9.17, 15) is 24.5 Å². The van der Waals surface area contributed by atoms with Crippen LogP contribution in [0.25, 0.3) is 0 Å². The molecule has 1 fully saturated rings. The van der Waals surface area contributed by atoms with Crippen molar-refractivity contribution in [1.82, 2.24) is 4.90 Å². The van der Waals surface area contributed by atoms with Gasteiger partial charge < -0.3 is 5.32 Å². The lowest BCUT2D eigenvalue weighted by Crippen LogP contribution is -2.36. The standard InChI is InChI=1S/C14H13N3O5S/c1-8(2)12-13(19)16(14(20)23-12)7-11(18)15-9-4-3-5-10(6-9)17(21)22/h3-6H,7H2,1-2H3,(H,15,18). The molecule has 0 bridgehead atoms. The fourth-order valence-electron chi connectivity index (χ4n) is 1.89. The van der Waals surface area contributed by atoms with Gasteiger partial charge in [-0.25, -0.2) is 0 Å². The zero-order valence-corrected chi connectivity index (χ0v) is 13.2. The summed E-state index contributed by atoms with van der Waals surface area (Å²) in [6.45, 7) is 2.98. The van der Waals surface area contributed by atoms with Crippen LogP contribution in [-0.2, 0) is 9.59 Å². The molecule has 23 heavy (non-hydrogen) atoms. The topological polar surface area (TPSA) is 110 Å². The fraction of sp³-hybridized carbons (Fsp3) is 0.214. The van der Waals surface area contributed by atoms with Gasteiger partial charge in [-0.2, -0.15) is 0 Å². The number of nitro benzene ring substituents is 1. The molecule has 2 rings (SSSR count). The Morgan fingerprint density at radius 2 is 2.04 bits per heavy atom. The summed E-state index contributed by atoms with van der Waals surface area (Å²) in [6, 6.07) is 5.40. The van der Waals surface area contributed by atoms with Crippen molar-refractivity contribution in [2.75, 3.05) is 11.9 Å². The molecule has 0 aromatic heterocycles. The van der Waals surface area contributed by atoms with Gasteiger partial charge in [0.15, 0.2) is 0 Å². The minimum Gasteiger partial charge on any atom is -0.324 e. The number of nitrogens with one attached hydrogen (secondary N) is 1. The molecule has 3 amide bonds. The van der Waals surface area contributed by atoms with E-state index in [4.69, 9.17) is 0 Å². The average molecular weight is 335 g/mol. The second-order valence-electron chi connectivity index (χ2n) is 4.94. The monoisotopic (exact) mass is 335 g/mol. The number of benzene rings is 1. The molecule has 0 unspecified atom stereocenters. The first-order chi connectivity index (χ1) is 10.8. The molecule has 8 nitrogen and oxygen atoms in total. The smallest absolute Gasteiger partial charge is 0.294 e. The molecule has 0 spiro atoms. The summed E-state index contributed by atoms with van der Waals surface area (Å²) in [5.41, 5.74) is 0.756. The van der Waals surface area contributed by atoms with Crippen LogP contribution >= 0.6 is 11.8 Å². The number of allylic oxidation sites excluding steroid dienone is 1. The van der Waals surface area contributed by atoms with Gasteiger partial charge in [0, 0.05) is 17.8 Å². The number of hydrogen-bond acceptors (Lipinski definition) is 6. The minimum atomic E-state index is -0.609. The van der Waals surface area contributed by atoms with Crippen molar-refractivity contribution in [3.05, 3.63) is 44.9 Å². The predicted octanol–water partition coefficient (Wildman–Crippen LogP) is 2.52. The first kappa shape index (κ1) is 16.7. The molecule has 0 radical (unpaired) electrons. The molecule has 120 valence electrons. The zero-order chi connectivity index (χ0) is 17.1. The van der Waals surface area contributed by atoms with Gasteiger partial charge >= 0.3 is 0 Å². The van der Waals surface area contributed by atoms with Crippen molar-refractivity contribution < 1.29 is 19.3 Å². The van der Waals surface area contributed by atoms with Crippen LogP contribution in [0.3, 0.4) is 0 Å². The Kier molecular flexibility index (Phi) is 4.80. The predicted molar refractivity (Wildman–Crippen MR) is 84.8 cm³/mol. The molecule has 1 N–H and O–H groups in total. The van der Waals surface area contributed by atoms with Crippen LogP contribution in [-0.4, -0.2) is 33.4 Å². The second-order valence-corrected chi connectivity index (χ2v) is 5.91. The molecule has 0 aliphatic carbocycles. The normalized spacial score (nSPS) is 14.2. The van der Waals surface area contributed by atoms with E-state index in [2.05, 4.69) is 5.32 Å². The number of carbonyl (C=O) groups excluding carboxylic acids is 3. The summed E-state index contributed by atoms with van der Waals surface area (Å²) >= 11 is 0.792. The second kappa shape index (κ2) is 6.61. The molecular weight excluding hydrogens is 322 g/mol. The van der Waals surface area contributed by atoms with E-state index in [1.807, 2.05) is 0 Å². The summed E-state index contributed by atoms with van der Waals surface area (Å²) < 4.78 is 0. The van der Waals surface area contributed by atoms with Crippen LogP contribution < -0.4 is 5.32 Å². The largest absolute Gasteiger partial charge is 0.324 e. The molecule has 1 heterocycles. The lowest BCUT2D eigenvalue weighted by Gasteiger charge is -2.12. The van der Waals surface area contributed by atoms with Crippen LogP contribution in [0.2, 0.25) is 0 Å². The maximum Gasteiger partial charge on any atom is 0.294 e. The van der Waals surface area contributed by atoms with Crippen molar-refractivity contribution in [3.63, 3.8) is 0 Å². The molecule has 9 heteroatoms. The molecular formula is C14H13N3O5S. The highest BCUT2D eigenvalue weighted by Crippen LogP contribution is 2.32. The Hall–Kier alpha value is -2.68. The Bertz CT molecular complexity index is 740. The van der Waals surface area contributed by atoms with E-state index in [-0.39, 0.29) is 11.4 Å². The van der Waals surface area contributed by atoms with E-state index in [0.717, 1.165) is 16.7 Å². The van der Waals surface area contributed by atoms with E-state index < -0.39 is 28.5 Å². The van der Waals surface area contributed by atoms with Crippen LogP contribution in [0.1, 0.15) is 13.8 Å². The van der Waals surface area contributed by atoms with E-state index in [1.165, 1.54) is 24.3 Å². The maximum atomic E-state index is 12.0. The van der Waals surface area contributed by atoms with Crippen LogP contribution in [0.15, 0.2) is 34.7 Å². The zero-order valence-electron chi connectivity index (χ0n) is 12.4. The summed E-state index contributed by atoms with van der Waals surface area (Å²) in [7, 11) is 0. The number of amides is 3. The van der Waals surface area contributed by atoms with Gasteiger partial charge in [0.05, 0.1) is 9.83 Å². The first-order valence-electron chi connectivity index (χ1n) is 6.55. The first-order valence-corrected chi connectivity index (χ1v) is 7.36. The van der Waals surface area contributed by atoms with Crippen molar-refractivity contribution in [1.29, 1.82) is 0 Å². The highest BCUT2D eigenvalue weighted by atomic mass is 32.2.